The van der Waals surface area contributed by atoms with Gasteiger partial charge in [-0.1, -0.05) is 22.6 Å². The second kappa shape index (κ2) is 8.56. The van der Waals surface area contributed by atoms with Crippen molar-refractivity contribution in [3.63, 3.8) is 0 Å². The van der Waals surface area contributed by atoms with Crippen LogP contribution < -0.4 is 5.32 Å². The molecule has 9 heteroatoms. The fourth-order valence-electron chi connectivity index (χ4n) is 2.27. The van der Waals surface area contributed by atoms with Gasteiger partial charge in [0, 0.05) is 24.4 Å². The lowest BCUT2D eigenvalue weighted by atomic mass is 9.84. The van der Waals surface area contributed by atoms with E-state index in [-0.39, 0.29) is 13.0 Å². The van der Waals surface area contributed by atoms with Gasteiger partial charge in [-0.15, -0.1) is 0 Å². The Hall–Kier alpha value is -0.0400. The van der Waals surface area contributed by atoms with Gasteiger partial charge in [0.05, 0.1) is 13.2 Å². The third-order valence-electron chi connectivity index (χ3n) is 3.42. The first kappa shape index (κ1) is 19.0. The van der Waals surface area contributed by atoms with Gasteiger partial charge in [-0.25, -0.2) is 0 Å². The third-order valence-corrected chi connectivity index (χ3v) is 3.86. The van der Waals surface area contributed by atoms with Gasteiger partial charge in [-0.3, -0.25) is 4.79 Å². The zero-order valence-electron chi connectivity index (χ0n) is 11.7. The van der Waals surface area contributed by atoms with Gasteiger partial charge in [0.15, 0.2) is 6.29 Å². The summed E-state index contributed by atoms with van der Waals surface area (Å²) in [5, 5.41) is 42.0. The molecule has 1 aliphatic heterocycles. The van der Waals surface area contributed by atoms with Gasteiger partial charge < -0.3 is 35.2 Å². The zero-order valence-corrected chi connectivity index (χ0v) is 13.9. The molecule has 1 saturated heterocycles. The Bertz CT molecular complexity index is 346. The summed E-state index contributed by atoms with van der Waals surface area (Å²) in [5.74, 6) is -0.476. The Kier molecular flexibility index (Phi) is 7.74. The molecule has 1 amide bonds. The number of amides is 1. The number of carbonyl (C=O) groups is 1. The Balaban J connectivity index is 2.76. The number of ether oxygens (including phenoxy) is 2. The van der Waals surface area contributed by atoms with E-state index in [9.17, 15) is 25.2 Å². The van der Waals surface area contributed by atoms with Crippen LogP contribution in [0.15, 0.2) is 0 Å². The molecule has 1 fully saturated rings. The maximum Gasteiger partial charge on any atom is 0.217 e. The minimum absolute atomic E-state index is 0.0994. The number of carbonyl (C=O) groups excluding carboxylic acids is 1. The summed E-state index contributed by atoms with van der Waals surface area (Å²) in [6.45, 7) is 1.34. The summed E-state index contributed by atoms with van der Waals surface area (Å²) < 4.78 is 11.4. The van der Waals surface area contributed by atoms with E-state index in [2.05, 4.69) is 27.9 Å². The van der Waals surface area contributed by atoms with Gasteiger partial charge in [0.1, 0.15) is 23.9 Å². The predicted molar refractivity (Wildman–Crippen MR) is 80.8 cm³/mol. The van der Waals surface area contributed by atoms with Crippen LogP contribution in [0.4, 0.5) is 0 Å². The highest BCUT2D eigenvalue weighted by Gasteiger charge is 2.53. The lowest BCUT2D eigenvalue weighted by Crippen LogP contribution is -2.69. The van der Waals surface area contributed by atoms with Gasteiger partial charge in [0.2, 0.25) is 5.91 Å². The summed E-state index contributed by atoms with van der Waals surface area (Å²) in [6, 6.07) is -1.16. The molecule has 1 rings (SSSR count). The molecule has 0 aliphatic carbocycles. The molecule has 1 aliphatic rings. The van der Waals surface area contributed by atoms with Crippen molar-refractivity contribution < 1.29 is 34.7 Å². The maximum absolute atomic E-state index is 11.0. The number of nitrogens with one attached hydrogen (secondary N) is 1. The summed E-state index contributed by atoms with van der Waals surface area (Å²) in [6.07, 6.45) is -4.37. The van der Waals surface area contributed by atoms with Crippen molar-refractivity contribution in [3.05, 3.63) is 0 Å². The van der Waals surface area contributed by atoms with Crippen LogP contribution in [-0.2, 0) is 14.3 Å². The van der Waals surface area contributed by atoms with Crippen LogP contribution >= 0.6 is 22.6 Å². The second-order valence-corrected chi connectivity index (χ2v) is 6.02. The van der Waals surface area contributed by atoms with Crippen LogP contribution in [0.25, 0.3) is 0 Å². The van der Waals surface area contributed by atoms with Crippen molar-refractivity contribution in [2.45, 2.75) is 43.5 Å². The van der Waals surface area contributed by atoms with Crippen molar-refractivity contribution in [1.29, 1.82) is 0 Å². The van der Waals surface area contributed by atoms with E-state index in [1.165, 1.54) is 6.92 Å². The molecule has 124 valence electrons. The normalized spacial score (nSPS) is 36.5. The summed E-state index contributed by atoms with van der Waals surface area (Å²) >= 11 is 2.14. The van der Waals surface area contributed by atoms with Gasteiger partial charge >= 0.3 is 0 Å². The smallest absolute Gasteiger partial charge is 0.217 e. The van der Waals surface area contributed by atoms with Crippen LogP contribution in [-0.4, -0.2) is 80.7 Å². The molecule has 0 unspecified atom stereocenters. The topological polar surface area (TPSA) is 128 Å². The van der Waals surface area contributed by atoms with Crippen molar-refractivity contribution in [2.24, 2.45) is 0 Å². The molecule has 0 bridgehead atoms. The molecular weight excluding hydrogens is 397 g/mol. The van der Waals surface area contributed by atoms with Crippen molar-refractivity contribution in [2.75, 3.05) is 24.2 Å². The zero-order chi connectivity index (χ0) is 16.0. The summed E-state index contributed by atoms with van der Waals surface area (Å²) in [4.78, 5) is 11.0. The van der Waals surface area contributed by atoms with Crippen LogP contribution in [0.5, 0.6) is 0 Å². The molecule has 5 atom stereocenters. The van der Waals surface area contributed by atoms with E-state index >= 15 is 0 Å². The summed E-state index contributed by atoms with van der Waals surface area (Å²) in [5.41, 5.74) is -1.53. The first-order valence-corrected chi connectivity index (χ1v) is 8.14. The Morgan fingerprint density at radius 2 is 2.05 bits per heavy atom. The standard InChI is InChI=1S/C12H22INO7/c1-7(16)14-8-9(17)10(18)12(6-15,21-11(8)19)2-4-20-5-3-13/h8-11,15,17-19H,2-6H2,1H3,(H,14,16)/t8-,9-,10-,11+,12-/m1/s1. The number of hydrogen-bond acceptors (Lipinski definition) is 7. The largest absolute Gasteiger partial charge is 0.393 e. The molecule has 8 nitrogen and oxygen atoms in total. The van der Waals surface area contributed by atoms with Crippen LogP contribution in [0.2, 0.25) is 0 Å². The Labute approximate surface area is 136 Å². The number of hydrogen-bond donors (Lipinski definition) is 5. The highest BCUT2D eigenvalue weighted by molar-refractivity contribution is 14.1. The molecule has 0 radical (unpaired) electrons. The lowest BCUT2D eigenvalue weighted by Gasteiger charge is -2.48. The molecule has 0 aromatic heterocycles. The number of aliphatic hydroxyl groups is 4. The van der Waals surface area contributed by atoms with Crippen LogP contribution in [0.1, 0.15) is 13.3 Å². The fraction of sp³-hybridized carbons (Fsp3) is 0.917. The maximum atomic E-state index is 11.0. The summed E-state index contributed by atoms with van der Waals surface area (Å²) in [7, 11) is 0. The second-order valence-electron chi connectivity index (χ2n) is 4.94. The van der Waals surface area contributed by atoms with Crippen molar-refractivity contribution >= 4 is 28.5 Å². The van der Waals surface area contributed by atoms with E-state index in [0.717, 1.165) is 4.43 Å². The van der Waals surface area contributed by atoms with Gasteiger partial charge in [-0.2, -0.15) is 0 Å². The molecule has 0 aromatic carbocycles. The molecule has 0 spiro atoms. The third kappa shape index (κ3) is 4.71. The van der Waals surface area contributed by atoms with Crippen molar-refractivity contribution in [1.82, 2.24) is 5.32 Å². The molecule has 5 N–H and O–H groups in total. The highest BCUT2D eigenvalue weighted by atomic mass is 127. The molecule has 0 aromatic rings. The minimum Gasteiger partial charge on any atom is -0.393 e. The van der Waals surface area contributed by atoms with E-state index in [0.29, 0.717) is 6.61 Å². The number of alkyl halides is 1. The molecule has 1 heterocycles. The SMILES string of the molecule is CC(=O)N[C@@H]1[C@@H](O)[C@@H](O)[C@](CO)(CCOCCI)O[C@@H]1O. The van der Waals surface area contributed by atoms with E-state index in [1.54, 1.807) is 0 Å². The van der Waals surface area contributed by atoms with Gasteiger partial charge in [-0.05, 0) is 0 Å². The average molecular weight is 419 g/mol. The Morgan fingerprint density at radius 3 is 2.57 bits per heavy atom. The van der Waals surface area contributed by atoms with Crippen molar-refractivity contribution in [3.8, 4) is 0 Å². The predicted octanol–water partition coefficient (Wildman–Crippen LogP) is -1.87. The molecule has 21 heavy (non-hydrogen) atoms. The molecular formula is C12H22INO7. The number of aliphatic hydroxyl groups excluding tert-OH is 4. The quantitative estimate of drug-likeness (QED) is 0.186. The van der Waals surface area contributed by atoms with E-state index < -0.39 is 42.7 Å². The monoisotopic (exact) mass is 419 g/mol. The van der Waals surface area contributed by atoms with Gasteiger partial charge in [0.25, 0.3) is 0 Å². The number of rotatable bonds is 7. The highest BCUT2D eigenvalue weighted by Crippen LogP contribution is 2.32. The lowest BCUT2D eigenvalue weighted by molar-refractivity contribution is -0.304. The minimum atomic E-state index is -1.54. The van der Waals surface area contributed by atoms with E-state index in [4.69, 9.17) is 9.47 Å². The van der Waals surface area contributed by atoms with E-state index in [1.807, 2.05) is 0 Å². The first-order valence-electron chi connectivity index (χ1n) is 6.61. The number of halogens is 1. The van der Waals surface area contributed by atoms with Crippen LogP contribution in [0.3, 0.4) is 0 Å². The van der Waals surface area contributed by atoms with Crippen LogP contribution in [0, 0.1) is 0 Å². The Morgan fingerprint density at radius 1 is 1.38 bits per heavy atom. The average Bonchev–Trinajstić information content (AvgIpc) is 2.45. The first-order chi connectivity index (χ1) is 9.88. The fourth-order valence-corrected chi connectivity index (χ4v) is 2.58. The molecule has 0 saturated carbocycles.